The van der Waals surface area contributed by atoms with E-state index in [9.17, 15) is 4.79 Å². The fraction of sp³-hybridized carbons (Fsp3) is 0.727. The molecule has 2 rings (SSSR count). The van der Waals surface area contributed by atoms with Crippen LogP contribution in [0.5, 0.6) is 0 Å². The first kappa shape index (κ1) is 8.79. The Kier molecular flexibility index (Phi) is 1.94. The van der Waals surface area contributed by atoms with Gasteiger partial charge in [-0.1, -0.05) is 12.2 Å². The standard InChI is InChI=1S/C11H16O2/c1-11(2,13-7-12)10-6-8-3-4-9(10)5-8/h3-4,7-10H,5-6H2,1-2H3. The maximum absolute atomic E-state index is 10.3. The van der Waals surface area contributed by atoms with Gasteiger partial charge in [-0.05, 0) is 38.5 Å². The molecule has 0 saturated heterocycles. The topological polar surface area (TPSA) is 26.3 Å². The number of hydrogen-bond acceptors (Lipinski definition) is 2. The van der Waals surface area contributed by atoms with Gasteiger partial charge in [0, 0.05) is 5.92 Å². The third-order valence-corrected chi connectivity index (χ3v) is 3.52. The average Bonchev–Trinajstić information content (AvgIpc) is 2.63. The quantitative estimate of drug-likeness (QED) is 0.491. The highest BCUT2D eigenvalue weighted by molar-refractivity contribution is 5.38. The summed E-state index contributed by atoms with van der Waals surface area (Å²) in [7, 11) is 0. The Bertz CT molecular complexity index is 242. The molecule has 0 aromatic heterocycles. The van der Waals surface area contributed by atoms with E-state index in [0.717, 1.165) is 5.92 Å². The summed E-state index contributed by atoms with van der Waals surface area (Å²) in [6.45, 7) is 4.61. The molecule has 3 unspecified atom stereocenters. The van der Waals surface area contributed by atoms with Gasteiger partial charge in [-0.2, -0.15) is 0 Å². The van der Waals surface area contributed by atoms with Gasteiger partial charge in [-0.15, -0.1) is 0 Å². The van der Waals surface area contributed by atoms with E-state index < -0.39 is 0 Å². The maximum Gasteiger partial charge on any atom is 0.293 e. The van der Waals surface area contributed by atoms with Crippen molar-refractivity contribution in [3.63, 3.8) is 0 Å². The van der Waals surface area contributed by atoms with Gasteiger partial charge in [0.25, 0.3) is 6.47 Å². The first-order valence-corrected chi connectivity index (χ1v) is 4.93. The van der Waals surface area contributed by atoms with E-state index in [4.69, 9.17) is 4.74 Å². The molecule has 0 N–H and O–H groups in total. The zero-order valence-electron chi connectivity index (χ0n) is 8.19. The fourth-order valence-corrected chi connectivity index (χ4v) is 2.79. The molecule has 2 aliphatic carbocycles. The molecule has 2 heteroatoms. The van der Waals surface area contributed by atoms with Crippen molar-refractivity contribution in [2.45, 2.75) is 32.3 Å². The Hall–Kier alpha value is -0.790. The Morgan fingerprint density at radius 3 is 2.62 bits per heavy atom. The molecule has 1 saturated carbocycles. The van der Waals surface area contributed by atoms with Crippen LogP contribution in [-0.4, -0.2) is 12.1 Å². The third-order valence-electron chi connectivity index (χ3n) is 3.52. The lowest BCUT2D eigenvalue weighted by molar-refractivity contribution is -0.146. The Balaban J connectivity index is 2.09. The van der Waals surface area contributed by atoms with Crippen molar-refractivity contribution < 1.29 is 9.53 Å². The van der Waals surface area contributed by atoms with Gasteiger partial charge >= 0.3 is 0 Å². The van der Waals surface area contributed by atoms with Crippen LogP contribution < -0.4 is 0 Å². The van der Waals surface area contributed by atoms with Crippen molar-refractivity contribution in [3.05, 3.63) is 12.2 Å². The average molecular weight is 180 g/mol. The molecular formula is C11H16O2. The second kappa shape index (κ2) is 2.86. The lowest BCUT2D eigenvalue weighted by Crippen LogP contribution is -2.36. The van der Waals surface area contributed by atoms with Gasteiger partial charge in [0.1, 0.15) is 5.60 Å². The highest BCUT2D eigenvalue weighted by atomic mass is 16.5. The Morgan fingerprint density at radius 2 is 2.15 bits per heavy atom. The number of fused-ring (bicyclic) bond motifs is 2. The summed E-state index contributed by atoms with van der Waals surface area (Å²) in [5.74, 6) is 1.90. The second-order valence-electron chi connectivity index (χ2n) is 4.70. The van der Waals surface area contributed by atoms with Crippen molar-refractivity contribution in [1.82, 2.24) is 0 Å². The zero-order chi connectivity index (χ0) is 9.47. The van der Waals surface area contributed by atoms with Crippen LogP contribution >= 0.6 is 0 Å². The Labute approximate surface area is 79.0 Å². The highest BCUT2D eigenvalue weighted by Gasteiger charge is 2.44. The van der Waals surface area contributed by atoms with Crippen molar-refractivity contribution in [3.8, 4) is 0 Å². The summed E-state index contributed by atoms with van der Waals surface area (Å²) in [5, 5.41) is 0. The number of allylic oxidation sites excluding steroid dienone is 2. The van der Waals surface area contributed by atoms with Crippen molar-refractivity contribution in [2.24, 2.45) is 17.8 Å². The lowest BCUT2D eigenvalue weighted by Gasteiger charge is -2.33. The monoisotopic (exact) mass is 180 g/mol. The molecule has 13 heavy (non-hydrogen) atoms. The van der Waals surface area contributed by atoms with Crippen LogP contribution in [0.4, 0.5) is 0 Å². The summed E-state index contributed by atoms with van der Waals surface area (Å²) in [5.41, 5.74) is -0.286. The molecule has 1 fully saturated rings. The van der Waals surface area contributed by atoms with E-state index in [1.807, 2.05) is 13.8 Å². The zero-order valence-corrected chi connectivity index (χ0v) is 8.19. The normalized spacial score (nSPS) is 36.6. The lowest BCUT2D eigenvalue weighted by atomic mass is 9.80. The SMILES string of the molecule is CC(C)(OC=O)C1CC2C=CC1C2. The number of ether oxygens (including phenoxy) is 1. The van der Waals surface area contributed by atoms with Gasteiger partial charge in [0.05, 0.1) is 0 Å². The first-order valence-electron chi connectivity index (χ1n) is 4.93. The molecule has 3 atom stereocenters. The van der Waals surface area contributed by atoms with Crippen LogP contribution in [0.25, 0.3) is 0 Å². The highest BCUT2D eigenvalue weighted by Crippen LogP contribution is 2.48. The van der Waals surface area contributed by atoms with Crippen molar-refractivity contribution in [2.75, 3.05) is 0 Å². The summed E-state index contributed by atoms with van der Waals surface area (Å²) < 4.78 is 5.15. The van der Waals surface area contributed by atoms with E-state index in [1.54, 1.807) is 0 Å². The number of carbonyl (C=O) groups excluding carboxylic acids is 1. The maximum atomic E-state index is 10.3. The number of carbonyl (C=O) groups is 1. The van der Waals surface area contributed by atoms with E-state index in [-0.39, 0.29) is 5.60 Å². The minimum Gasteiger partial charge on any atom is -0.462 e. The van der Waals surface area contributed by atoms with Crippen LogP contribution in [0.1, 0.15) is 26.7 Å². The molecule has 0 amide bonds. The van der Waals surface area contributed by atoms with Crippen LogP contribution in [0, 0.1) is 17.8 Å². The number of hydrogen-bond donors (Lipinski definition) is 0. The minimum absolute atomic E-state index is 0.286. The second-order valence-corrected chi connectivity index (χ2v) is 4.70. The van der Waals surface area contributed by atoms with E-state index in [1.165, 1.54) is 12.8 Å². The largest absolute Gasteiger partial charge is 0.462 e. The summed E-state index contributed by atoms with van der Waals surface area (Å²) >= 11 is 0. The van der Waals surface area contributed by atoms with E-state index in [2.05, 4.69) is 12.2 Å². The van der Waals surface area contributed by atoms with E-state index in [0.29, 0.717) is 18.3 Å². The molecule has 2 bridgehead atoms. The molecule has 72 valence electrons. The van der Waals surface area contributed by atoms with Gasteiger partial charge in [-0.25, -0.2) is 0 Å². The molecule has 0 aliphatic heterocycles. The van der Waals surface area contributed by atoms with Crippen LogP contribution in [-0.2, 0) is 9.53 Å². The molecule has 0 heterocycles. The molecule has 0 radical (unpaired) electrons. The summed E-state index contributed by atoms with van der Waals surface area (Å²) in [6.07, 6.45) is 7.03. The fourth-order valence-electron chi connectivity index (χ4n) is 2.79. The molecule has 0 aromatic rings. The summed E-state index contributed by atoms with van der Waals surface area (Å²) in [4.78, 5) is 10.3. The van der Waals surface area contributed by atoms with Crippen molar-refractivity contribution in [1.29, 1.82) is 0 Å². The van der Waals surface area contributed by atoms with Gasteiger partial charge in [-0.3, -0.25) is 4.79 Å². The van der Waals surface area contributed by atoms with E-state index >= 15 is 0 Å². The van der Waals surface area contributed by atoms with Gasteiger partial charge in [0.2, 0.25) is 0 Å². The summed E-state index contributed by atoms with van der Waals surface area (Å²) in [6, 6.07) is 0. The molecule has 0 aromatic carbocycles. The molecular weight excluding hydrogens is 164 g/mol. The van der Waals surface area contributed by atoms with Crippen LogP contribution in [0.15, 0.2) is 12.2 Å². The van der Waals surface area contributed by atoms with Crippen molar-refractivity contribution >= 4 is 6.47 Å². The molecule has 0 spiro atoms. The van der Waals surface area contributed by atoms with Crippen LogP contribution in [0.2, 0.25) is 0 Å². The smallest absolute Gasteiger partial charge is 0.293 e. The third kappa shape index (κ3) is 1.38. The first-order chi connectivity index (χ1) is 6.13. The molecule has 2 aliphatic rings. The number of rotatable bonds is 3. The minimum atomic E-state index is -0.286. The molecule has 2 nitrogen and oxygen atoms in total. The van der Waals surface area contributed by atoms with Crippen LogP contribution in [0.3, 0.4) is 0 Å². The van der Waals surface area contributed by atoms with Gasteiger partial charge in [0.15, 0.2) is 0 Å². The van der Waals surface area contributed by atoms with Gasteiger partial charge < -0.3 is 4.74 Å². The predicted molar refractivity (Wildman–Crippen MR) is 50.1 cm³/mol. The predicted octanol–water partition coefficient (Wildman–Crippen LogP) is 2.15. The Morgan fingerprint density at radius 1 is 1.38 bits per heavy atom.